The van der Waals surface area contributed by atoms with Gasteiger partial charge in [-0.1, -0.05) is 6.07 Å². The third kappa shape index (κ3) is 6.19. The highest BCUT2D eigenvalue weighted by atomic mass is 32.2. The molecule has 2 atom stereocenters. The largest absolute Gasteiger partial charge is 0.392 e. The average Bonchev–Trinajstić information content (AvgIpc) is 3.31. The van der Waals surface area contributed by atoms with Gasteiger partial charge in [-0.15, -0.1) is 0 Å². The lowest BCUT2D eigenvalue weighted by molar-refractivity contribution is 0.0960. The molecule has 0 radical (unpaired) electrons. The first kappa shape index (κ1) is 27.8. The molecule has 1 aliphatic heterocycles. The molecule has 4 aromatic rings. The maximum absolute atomic E-state index is 12.1. The van der Waals surface area contributed by atoms with Crippen LogP contribution in [0.3, 0.4) is 0 Å². The normalized spacial score (nSPS) is 17.2. The van der Waals surface area contributed by atoms with Gasteiger partial charge in [0.15, 0.2) is 0 Å². The van der Waals surface area contributed by atoms with E-state index in [2.05, 4.69) is 44.1 Å². The van der Waals surface area contributed by atoms with Gasteiger partial charge in [0.25, 0.3) is 0 Å². The molecule has 4 heterocycles. The van der Waals surface area contributed by atoms with Crippen molar-refractivity contribution >= 4 is 44.2 Å². The van der Waals surface area contributed by atoms with Gasteiger partial charge in [0.1, 0.15) is 11.5 Å². The summed E-state index contributed by atoms with van der Waals surface area (Å²) in [5, 5.41) is 13.9. The lowest BCUT2D eigenvalue weighted by Gasteiger charge is -2.41. The molecule has 1 aliphatic rings. The van der Waals surface area contributed by atoms with Gasteiger partial charge in [-0.05, 0) is 50.2 Å². The fourth-order valence-electron chi connectivity index (χ4n) is 5.06. The zero-order valence-corrected chi connectivity index (χ0v) is 24.1. The zero-order chi connectivity index (χ0) is 28.4. The van der Waals surface area contributed by atoms with E-state index in [0.717, 1.165) is 53.9 Å². The fraction of sp³-hybridized carbons (Fsp3) is 0.393. The smallest absolute Gasteiger partial charge is 0.233 e. The number of rotatable bonds is 9. The molecule has 3 aromatic heterocycles. The number of aliphatic hydroxyl groups excluding tert-OH is 1. The quantitative estimate of drug-likeness (QED) is 0.316. The molecule has 0 unspecified atom stereocenters. The lowest BCUT2D eigenvalue weighted by Crippen LogP contribution is -2.53. The molecule has 12 heteroatoms. The van der Waals surface area contributed by atoms with Crippen molar-refractivity contribution in [1.82, 2.24) is 24.4 Å². The van der Waals surface area contributed by atoms with Crippen LogP contribution in [0.15, 0.2) is 61.1 Å². The Labute approximate surface area is 235 Å². The van der Waals surface area contributed by atoms with E-state index >= 15 is 0 Å². The van der Waals surface area contributed by atoms with Crippen molar-refractivity contribution in [1.29, 1.82) is 0 Å². The summed E-state index contributed by atoms with van der Waals surface area (Å²) in [5.41, 5.74) is 3.53. The molecule has 0 saturated carbocycles. The first-order valence-electron chi connectivity index (χ1n) is 13.3. The SMILES string of the molecule is C[C@@H](O)CN1CCN(c2ccc(Nc3ncc4ccn(Cc5cccnc5N(C)S(C)(=O)=O)c4n3)cc2)C[C@@H]1C. The molecule has 0 aliphatic carbocycles. The van der Waals surface area contributed by atoms with Crippen LogP contribution in [-0.2, 0) is 16.6 Å². The third-order valence-corrected chi connectivity index (χ3v) is 8.43. The molecule has 11 nitrogen and oxygen atoms in total. The van der Waals surface area contributed by atoms with Gasteiger partial charge in [0.05, 0.1) is 18.9 Å². The Kier molecular flexibility index (Phi) is 7.92. The molecule has 1 aromatic carbocycles. The summed E-state index contributed by atoms with van der Waals surface area (Å²) in [6.45, 7) is 7.89. The first-order valence-corrected chi connectivity index (χ1v) is 15.2. The van der Waals surface area contributed by atoms with E-state index in [0.29, 0.717) is 30.9 Å². The van der Waals surface area contributed by atoms with Gasteiger partial charge < -0.3 is 19.9 Å². The second-order valence-corrected chi connectivity index (χ2v) is 12.5. The number of nitrogens with zero attached hydrogens (tertiary/aromatic N) is 7. The fourth-order valence-corrected chi connectivity index (χ4v) is 5.54. The molecule has 2 N–H and O–H groups in total. The summed E-state index contributed by atoms with van der Waals surface area (Å²) >= 11 is 0. The number of aromatic nitrogens is 4. The monoisotopic (exact) mass is 564 g/mol. The standard InChI is InChI=1S/C28H36N8O3S/c1-20-17-35(15-14-34(20)18-21(2)37)25-9-7-24(8-10-25)31-28-30-16-22-11-13-36(27(22)32-28)19-23-6-5-12-29-26(23)33(3)40(4,38)39/h5-13,16,20-21,37H,14-15,17-19H2,1-4H3,(H,30,31,32)/t20-,21+/m0/s1. The number of anilines is 4. The van der Waals surface area contributed by atoms with Gasteiger partial charge in [-0.25, -0.2) is 18.4 Å². The summed E-state index contributed by atoms with van der Waals surface area (Å²) in [6, 6.07) is 14.2. The Morgan fingerprint density at radius 1 is 1.15 bits per heavy atom. The van der Waals surface area contributed by atoms with Crippen molar-refractivity contribution in [3.8, 4) is 0 Å². The molecule has 1 fully saturated rings. The number of β-amino-alcohol motifs (C(OH)–C–C–N with tert-alkyl or cyclic N) is 1. The number of pyridine rings is 1. The highest BCUT2D eigenvalue weighted by Gasteiger charge is 2.24. The lowest BCUT2D eigenvalue weighted by atomic mass is 10.1. The van der Waals surface area contributed by atoms with Crippen LogP contribution in [-0.4, -0.2) is 89.6 Å². The van der Waals surface area contributed by atoms with E-state index in [4.69, 9.17) is 4.98 Å². The van der Waals surface area contributed by atoms with Crippen LogP contribution in [0.25, 0.3) is 11.0 Å². The van der Waals surface area contributed by atoms with Crippen LogP contribution in [0.5, 0.6) is 0 Å². The van der Waals surface area contributed by atoms with Gasteiger partial charge >= 0.3 is 0 Å². The van der Waals surface area contributed by atoms with Crippen LogP contribution >= 0.6 is 0 Å². The van der Waals surface area contributed by atoms with Crippen molar-refractivity contribution in [3.05, 3.63) is 66.6 Å². The molecule has 1 saturated heterocycles. The minimum absolute atomic E-state index is 0.321. The molecule has 5 rings (SSSR count). The van der Waals surface area contributed by atoms with Crippen molar-refractivity contribution in [2.75, 3.05) is 54.0 Å². The maximum atomic E-state index is 12.1. The second kappa shape index (κ2) is 11.4. The van der Waals surface area contributed by atoms with Crippen LogP contribution in [0.2, 0.25) is 0 Å². The second-order valence-electron chi connectivity index (χ2n) is 10.4. The number of piperazine rings is 1. The molecule has 0 bridgehead atoms. The maximum Gasteiger partial charge on any atom is 0.233 e. The molecule has 40 heavy (non-hydrogen) atoms. The highest BCUT2D eigenvalue weighted by molar-refractivity contribution is 7.92. The van der Waals surface area contributed by atoms with E-state index < -0.39 is 10.0 Å². The molecule has 212 valence electrons. The van der Waals surface area contributed by atoms with E-state index in [-0.39, 0.29) is 6.10 Å². The number of nitrogens with one attached hydrogen (secondary N) is 1. The van der Waals surface area contributed by atoms with E-state index in [1.807, 2.05) is 42.0 Å². The van der Waals surface area contributed by atoms with Crippen molar-refractivity contribution in [2.45, 2.75) is 32.5 Å². The number of hydrogen-bond acceptors (Lipinski definition) is 9. The average molecular weight is 565 g/mol. The number of aliphatic hydroxyl groups is 1. The summed E-state index contributed by atoms with van der Waals surface area (Å²) < 4.78 is 27.4. The number of hydrogen-bond donors (Lipinski definition) is 2. The van der Waals surface area contributed by atoms with E-state index in [1.54, 1.807) is 18.5 Å². The Morgan fingerprint density at radius 2 is 1.93 bits per heavy atom. The van der Waals surface area contributed by atoms with Gasteiger partial charge in [0, 0.05) is 80.2 Å². The van der Waals surface area contributed by atoms with Crippen LogP contribution in [0.4, 0.5) is 23.1 Å². The minimum Gasteiger partial charge on any atom is -0.392 e. The Morgan fingerprint density at radius 3 is 2.62 bits per heavy atom. The van der Waals surface area contributed by atoms with Crippen LogP contribution in [0, 0.1) is 0 Å². The predicted molar refractivity (Wildman–Crippen MR) is 159 cm³/mol. The third-order valence-electron chi connectivity index (χ3n) is 7.26. The molecular weight excluding hydrogens is 528 g/mol. The molecule has 0 amide bonds. The van der Waals surface area contributed by atoms with E-state index in [1.165, 1.54) is 11.4 Å². The topological polar surface area (TPSA) is 120 Å². The summed E-state index contributed by atoms with van der Waals surface area (Å²) in [6.07, 6.45) is 6.11. The first-order chi connectivity index (χ1) is 19.1. The minimum atomic E-state index is -3.45. The van der Waals surface area contributed by atoms with Gasteiger partial charge in [0.2, 0.25) is 16.0 Å². The summed E-state index contributed by atoms with van der Waals surface area (Å²) in [4.78, 5) is 18.3. The Bertz CT molecular complexity index is 1570. The summed E-state index contributed by atoms with van der Waals surface area (Å²) in [5.74, 6) is 0.860. The number of sulfonamides is 1. The van der Waals surface area contributed by atoms with Crippen LogP contribution in [0.1, 0.15) is 19.4 Å². The van der Waals surface area contributed by atoms with Gasteiger partial charge in [-0.2, -0.15) is 4.98 Å². The Balaban J connectivity index is 1.30. The molecule has 0 spiro atoms. The van der Waals surface area contributed by atoms with Gasteiger partial charge in [-0.3, -0.25) is 9.21 Å². The zero-order valence-electron chi connectivity index (χ0n) is 23.3. The van der Waals surface area contributed by atoms with E-state index in [9.17, 15) is 13.5 Å². The Hall–Kier alpha value is -3.74. The summed E-state index contributed by atoms with van der Waals surface area (Å²) in [7, 11) is -1.95. The van der Waals surface area contributed by atoms with Crippen molar-refractivity contribution in [2.24, 2.45) is 0 Å². The van der Waals surface area contributed by atoms with Crippen LogP contribution < -0.4 is 14.5 Å². The molecular formula is C28H36N8O3S. The number of fused-ring (bicyclic) bond motifs is 1. The van der Waals surface area contributed by atoms with Crippen molar-refractivity contribution < 1.29 is 13.5 Å². The highest BCUT2D eigenvalue weighted by Crippen LogP contribution is 2.25. The predicted octanol–water partition coefficient (Wildman–Crippen LogP) is 2.91. The number of benzene rings is 1. The van der Waals surface area contributed by atoms with Crippen molar-refractivity contribution in [3.63, 3.8) is 0 Å².